The number of carbonyl (C=O) groups is 2. The third-order valence-electron chi connectivity index (χ3n) is 3.69. The topological polar surface area (TPSA) is 90.4 Å². The summed E-state index contributed by atoms with van der Waals surface area (Å²) in [7, 11) is 0. The van der Waals surface area contributed by atoms with Crippen LogP contribution in [0.2, 0.25) is 0 Å². The molecule has 0 radical (unpaired) electrons. The lowest BCUT2D eigenvalue weighted by Crippen LogP contribution is -2.10. The van der Waals surface area contributed by atoms with Gasteiger partial charge in [-0.25, -0.2) is 9.50 Å². The van der Waals surface area contributed by atoms with Crippen molar-refractivity contribution in [1.29, 1.82) is 0 Å². The summed E-state index contributed by atoms with van der Waals surface area (Å²) in [4.78, 5) is 27.1. The number of hydrogen-bond acceptors (Lipinski definition) is 4. The van der Waals surface area contributed by atoms with Crippen LogP contribution in [0.4, 0.5) is 0 Å². The molecule has 0 fully saturated rings. The fourth-order valence-electron chi connectivity index (χ4n) is 2.42. The summed E-state index contributed by atoms with van der Waals surface area (Å²) in [6.07, 6.45) is 0.737. The molecule has 0 bridgehead atoms. The molecule has 6 heteroatoms. The second kappa shape index (κ2) is 5.64. The Morgan fingerprint density at radius 3 is 2.43 bits per heavy atom. The van der Waals surface area contributed by atoms with Gasteiger partial charge < -0.3 is 5.73 Å². The Kier molecular flexibility index (Phi) is 3.65. The summed E-state index contributed by atoms with van der Waals surface area (Å²) in [6.45, 7) is 3.50. The lowest BCUT2D eigenvalue weighted by Gasteiger charge is -2.03. The number of ketones is 1. The van der Waals surface area contributed by atoms with Gasteiger partial charge in [0.15, 0.2) is 11.4 Å². The molecule has 0 atom stereocenters. The van der Waals surface area contributed by atoms with Crippen LogP contribution < -0.4 is 5.73 Å². The van der Waals surface area contributed by atoms with Crippen molar-refractivity contribution in [3.8, 4) is 11.3 Å². The van der Waals surface area contributed by atoms with Gasteiger partial charge in [0, 0.05) is 29.8 Å². The quantitative estimate of drug-likeness (QED) is 0.748. The van der Waals surface area contributed by atoms with Gasteiger partial charge >= 0.3 is 0 Å². The van der Waals surface area contributed by atoms with E-state index < -0.39 is 5.91 Å². The van der Waals surface area contributed by atoms with Gasteiger partial charge in [0.2, 0.25) is 5.91 Å². The molecule has 0 aliphatic rings. The van der Waals surface area contributed by atoms with Crippen LogP contribution in [0, 0.1) is 0 Å². The third-order valence-corrected chi connectivity index (χ3v) is 3.69. The maximum atomic E-state index is 11.6. The highest BCUT2D eigenvalue weighted by atomic mass is 16.1. The van der Waals surface area contributed by atoms with Crippen LogP contribution in [0.25, 0.3) is 16.9 Å². The summed E-state index contributed by atoms with van der Waals surface area (Å²) < 4.78 is 1.74. The zero-order valence-electron chi connectivity index (χ0n) is 12.9. The van der Waals surface area contributed by atoms with Crippen molar-refractivity contribution in [2.45, 2.75) is 20.3 Å². The minimum absolute atomic E-state index is 0.0734. The molecule has 3 rings (SSSR count). The molecule has 116 valence electrons. The molecule has 0 spiro atoms. The lowest BCUT2D eigenvalue weighted by molar-refractivity contribution is 0.0995. The smallest absolute Gasteiger partial charge is 0.248 e. The number of amides is 1. The number of nitrogens with two attached hydrogens (primary N) is 1. The van der Waals surface area contributed by atoms with Crippen molar-refractivity contribution in [1.82, 2.24) is 14.6 Å². The molecule has 0 unspecified atom stereocenters. The van der Waals surface area contributed by atoms with E-state index in [2.05, 4.69) is 10.1 Å². The monoisotopic (exact) mass is 308 g/mol. The van der Waals surface area contributed by atoms with E-state index in [0.29, 0.717) is 16.9 Å². The normalized spacial score (nSPS) is 10.9. The highest BCUT2D eigenvalue weighted by molar-refractivity contribution is 5.93. The van der Waals surface area contributed by atoms with Crippen molar-refractivity contribution in [3.63, 3.8) is 0 Å². The van der Waals surface area contributed by atoms with E-state index >= 15 is 0 Å². The number of fused-ring (bicyclic) bond motifs is 1. The molecule has 3 aromatic rings. The van der Waals surface area contributed by atoms with Gasteiger partial charge in [-0.05, 0) is 24.6 Å². The fourth-order valence-corrected chi connectivity index (χ4v) is 2.42. The summed E-state index contributed by atoms with van der Waals surface area (Å²) >= 11 is 0. The van der Waals surface area contributed by atoms with Crippen molar-refractivity contribution >= 4 is 17.3 Å². The van der Waals surface area contributed by atoms with Crippen LogP contribution in [0.3, 0.4) is 0 Å². The SMILES string of the molecule is CCc1cc(C(C)=O)nc2cc(-c3ccc(C(N)=O)cc3)nn12. The predicted molar refractivity (Wildman–Crippen MR) is 86.3 cm³/mol. The van der Waals surface area contributed by atoms with Crippen LogP contribution in [0.15, 0.2) is 36.4 Å². The number of aryl methyl sites for hydroxylation is 1. The number of nitrogens with zero attached hydrogens (tertiary/aromatic N) is 3. The van der Waals surface area contributed by atoms with E-state index in [-0.39, 0.29) is 5.78 Å². The number of Topliss-reactive ketones (excluding diaryl/α,β-unsaturated/α-hetero) is 1. The Morgan fingerprint density at radius 1 is 1.17 bits per heavy atom. The average molecular weight is 308 g/mol. The zero-order valence-corrected chi connectivity index (χ0v) is 12.9. The Morgan fingerprint density at radius 2 is 1.87 bits per heavy atom. The van der Waals surface area contributed by atoms with Crippen molar-refractivity contribution in [2.75, 3.05) is 0 Å². The highest BCUT2D eigenvalue weighted by Crippen LogP contribution is 2.21. The first-order valence-corrected chi connectivity index (χ1v) is 7.30. The lowest BCUT2D eigenvalue weighted by atomic mass is 10.1. The second-order valence-corrected chi connectivity index (χ2v) is 5.28. The maximum absolute atomic E-state index is 11.6. The van der Waals surface area contributed by atoms with Crippen LogP contribution in [0.1, 0.15) is 40.4 Å². The fraction of sp³-hybridized carbons (Fsp3) is 0.176. The number of hydrogen-bond donors (Lipinski definition) is 1. The summed E-state index contributed by atoms with van der Waals surface area (Å²) in [5.41, 5.74) is 9.25. The van der Waals surface area contributed by atoms with E-state index in [0.717, 1.165) is 23.4 Å². The predicted octanol–water partition coefficient (Wildman–Crippen LogP) is 2.26. The molecule has 2 heterocycles. The van der Waals surface area contributed by atoms with Crippen molar-refractivity contribution in [3.05, 3.63) is 53.3 Å². The van der Waals surface area contributed by atoms with E-state index in [4.69, 9.17) is 5.73 Å². The van der Waals surface area contributed by atoms with Gasteiger partial charge in [0.1, 0.15) is 5.69 Å². The van der Waals surface area contributed by atoms with E-state index in [1.54, 1.807) is 34.8 Å². The average Bonchev–Trinajstić information content (AvgIpc) is 2.97. The first kappa shape index (κ1) is 14.9. The maximum Gasteiger partial charge on any atom is 0.248 e. The molecule has 23 heavy (non-hydrogen) atoms. The molecule has 0 saturated heterocycles. The molecule has 0 saturated carbocycles. The Labute approximate surface area is 133 Å². The molecule has 1 aromatic carbocycles. The molecular formula is C17H16N4O2. The van der Waals surface area contributed by atoms with Gasteiger partial charge in [-0.3, -0.25) is 9.59 Å². The van der Waals surface area contributed by atoms with Crippen LogP contribution in [0.5, 0.6) is 0 Å². The van der Waals surface area contributed by atoms with Gasteiger partial charge in [0.05, 0.1) is 5.69 Å². The summed E-state index contributed by atoms with van der Waals surface area (Å²) in [5.74, 6) is -0.539. The van der Waals surface area contributed by atoms with Gasteiger partial charge in [-0.15, -0.1) is 0 Å². The van der Waals surface area contributed by atoms with Crippen LogP contribution >= 0.6 is 0 Å². The Balaban J connectivity index is 2.12. The summed E-state index contributed by atoms with van der Waals surface area (Å²) in [6, 6.07) is 10.5. The van der Waals surface area contributed by atoms with Crippen molar-refractivity contribution in [2.24, 2.45) is 5.73 Å². The molecule has 0 aliphatic carbocycles. The largest absolute Gasteiger partial charge is 0.366 e. The van der Waals surface area contributed by atoms with Crippen molar-refractivity contribution < 1.29 is 9.59 Å². The molecule has 0 aliphatic heterocycles. The Bertz CT molecular complexity index is 910. The minimum Gasteiger partial charge on any atom is -0.366 e. The number of carbonyl (C=O) groups excluding carboxylic acids is 2. The third kappa shape index (κ3) is 2.70. The van der Waals surface area contributed by atoms with E-state index in [9.17, 15) is 9.59 Å². The second-order valence-electron chi connectivity index (χ2n) is 5.28. The zero-order chi connectivity index (χ0) is 16.6. The molecule has 2 aromatic heterocycles. The number of primary amides is 1. The van der Waals surface area contributed by atoms with Gasteiger partial charge in [-0.1, -0.05) is 19.1 Å². The molecular weight excluding hydrogens is 292 g/mol. The number of benzene rings is 1. The molecule has 1 amide bonds. The van der Waals surface area contributed by atoms with Gasteiger partial charge in [0.25, 0.3) is 0 Å². The van der Waals surface area contributed by atoms with E-state index in [1.165, 1.54) is 6.92 Å². The highest BCUT2D eigenvalue weighted by Gasteiger charge is 2.12. The number of rotatable bonds is 4. The first-order chi connectivity index (χ1) is 11.0. The molecule has 6 nitrogen and oxygen atoms in total. The standard InChI is InChI=1S/C17H16N4O2/c1-3-13-8-14(10(2)22)19-16-9-15(20-21(13)16)11-4-6-12(7-5-11)17(18)23/h4-9H,3H2,1-2H3,(H2,18,23). The van der Waals surface area contributed by atoms with Crippen LogP contribution in [-0.2, 0) is 6.42 Å². The Hall–Kier alpha value is -3.02. The van der Waals surface area contributed by atoms with Gasteiger partial charge in [-0.2, -0.15) is 5.10 Å². The molecule has 2 N–H and O–H groups in total. The minimum atomic E-state index is -0.465. The van der Waals surface area contributed by atoms with E-state index in [1.807, 2.05) is 13.0 Å². The summed E-state index contributed by atoms with van der Waals surface area (Å²) in [5, 5.41) is 4.56. The first-order valence-electron chi connectivity index (χ1n) is 7.30. The van der Waals surface area contributed by atoms with Crippen LogP contribution in [-0.4, -0.2) is 26.3 Å². The number of aromatic nitrogens is 3.